The zero-order chi connectivity index (χ0) is 14.7. The molecule has 0 spiro atoms. The van der Waals surface area contributed by atoms with Gasteiger partial charge in [-0.3, -0.25) is 4.98 Å². The summed E-state index contributed by atoms with van der Waals surface area (Å²) in [6, 6.07) is 15.1. The summed E-state index contributed by atoms with van der Waals surface area (Å²) in [4.78, 5) is 4.17. The highest BCUT2D eigenvalue weighted by Crippen LogP contribution is 2.43. The average molecular weight is 277 g/mol. The molecular formula is C18H19N3. The van der Waals surface area contributed by atoms with Crippen LogP contribution in [0.15, 0.2) is 48.8 Å². The highest BCUT2D eigenvalue weighted by Gasteiger charge is 2.45. The number of nitriles is 1. The molecule has 0 aliphatic heterocycles. The Morgan fingerprint density at radius 3 is 2.71 bits per heavy atom. The average Bonchev–Trinajstić information content (AvgIpc) is 2.49. The number of hydrogen-bond donors (Lipinski definition) is 1. The smallest absolute Gasteiger partial charge is 0.0852 e. The van der Waals surface area contributed by atoms with Gasteiger partial charge in [0.05, 0.1) is 11.5 Å². The Morgan fingerprint density at radius 2 is 2.05 bits per heavy atom. The standard InChI is InChI=1S/C18H19N3/c1-14-7-8-20-11-15(14)12-21-17-9-18(10-17,13-19)16-5-3-2-4-6-16/h2-8,11,17,21H,9-10,12H2,1H3. The Hall–Kier alpha value is -2.18. The summed E-state index contributed by atoms with van der Waals surface area (Å²) in [5.74, 6) is 0. The minimum atomic E-state index is -0.303. The minimum Gasteiger partial charge on any atom is -0.310 e. The largest absolute Gasteiger partial charge is 0.310 e. The van der Waals surface area contributed by atoms with E-state index in [1.165, 1.54) is 11.1 Å². The van der Waals surface area contributed by atoms with Crippen molar-refractivity contribution in [3.63, 3.8) is 0 Å². The first kappa shape index (κ1) is 13.8. The third kappa shape index (κ3) is 2.68. The Balaban J connectivity index is 1.61. The number of aromatic nitrogens is 1. The molecule has 1 aromatic carbocycles. The molecule has 21 heavy (non-hydrogen) atoms. The first-order chi connectivity index (χ1) is 10.2. The molecule has 1 saturated carbocycles. The summed E-state index contributed by atoms with van der Waals surface area (Å²) in [5, 5.41) is 13.1. The maximum atomic E-state index is 9.55. The minimum absolute atomic E-state index is 0.303. The van der Waals surface area contributed by atoms with E-state index in [-0.39, 0.29) is 5.41 Å². The lowest BCUT2D eigenvalue weighted by atomic mass is 9.62. The van der Waals surface area contributed by atoms with Crippen molar-refractivity contribution in [3.8, 4) is 6.07 Å². The lowest BCUT2D eigenvalue weighted by molar-refractivity contribution is 0.225. The molecule has 0 bridgehead atoms. The van der Waals surface area contributed by atoms with Crippen LogP contribution in [-0.4, -0.2) is 11.0 Å². The van der Waals surface area contributed by atoms with Crippen LogP contribution in [0, 0.1) is 18.3 Å². The van der Waals surface area contributed by atoms with Crippen LogP contribution in [0.5, 0.6) is 0 Å². The lowest BCUT2D eigenvalue weighted by Gasteiger charge is -2.43. The van der Waals surface area contributed by atoms with Gasteiger partial charge in [-0.25, -0.2) is 0 Å². The van der Waals surface area contributed by atoms with Crippen molar-refractivity contribution < 1.29 is 0 Å². The molecule has 1 aliphatic rings. The van der Waals surface area contributed by atoms with Crippen LogP contribution in [-0.2, 0) is 12.0 Å². The van der Waals surface area contributed by atoms with Crippen molar-refractivity contribution in [3.05, 3.63) is 65.5 Å². The van der Waals surface area contributed by atoms with Gasteiger partial charge in [-0.1, -0.05) is 30.3 Å². The SMILES string of the molecule is Cc1ccncc1CNC1CC(C#N)(c2ccccc2)C1. The molecule has 1 N–H and O–H groups in total. The molecule has 1 aromatic heterocycles. The molecule has 3 rings (SSSR count). The third-order valence-corrected chi connectivity index (χ3v) is 4.46. The zero-order valence-electron chi connectivity index (χ0n) is 12.2. The van der Waals surface area contributed by atoms with E-state index in [9.17, 15) is 5.26 Å². The summed E-state index contributed by atoms with van der Waals surface area (Å²) >= 11 is 0. The van der Waals surface area contributed by atoms with Crippen molar-refractivity contribution in [2.45, 2.75) is 37.8 Å². The first-order valence-electron chi connectivity index (χ1n) is 7.33. The monoisotopic (exact) mass is 277 g/mol. The van der Waals surface area contributed by atoms with E-state index >= 15 is 0 Å². The van der Waals surface area contributed by atoms with Gasteiger partial charge < -0.3 is 5.32 Å². The summed E-state index contributed by atoms with van der Waals surface area (Å²) in [6.07, 6.45) is 5.49. The molecule has 0 atom stereocenters. The normalized spacial score (nSPS) is 24.1. The van der Waals surface area contributed by atoms with E-state index in [2.05, 4.69) is 35.4 Å². The molecule has 0 saturated heterocycles. The lowest BCUT2D eigenvalue weighted by Crippen LogP contribution is -2.50. The maximum Gasteiger partial charge on any atom is 0.0852 e. The quantitative estimate of drug-likeness (QED) is 0.934. The summed E-state index contributed by atoms with van der Waals surface area (Å²) in [7, 11) is 0. The molecule has 106 valence electrons. The Kier molecular flexibility index (Phi) is 3.72. The Bertz CT molecular complexity index is 652. The second kappa shape index (κ2) is 5.67. The summed E-state index contributed by atoms with van der Waals surface area (Å²) in [6.45, 7) is 2.92. The maximum absolute atomic E-state index is 9.55. The fourth-order valence-electron chi connectivity index (χ4n) is 3.01. The topological polar surface area (TPSA) is 48.7 Å². The molecule has 0 amide bonds. The van der Waals surface area contributed by atoms with Crippen LogP contribution >= 0.6 is 0 Å². The fraction of sp³-hybridized carbons (Fsp3) is 0.333. The van der Waals surface area contributed by atoms with Crippen LogP contribution in [0.3, 0.4) is 0 Å². The van der Waals surface area contributed by atoms with Gasteiger partial charge in [0.15, 0.2) is 0 Å². The second-order valence-electron chi connectivity index (χ2n) is 5.85. The highest BCUT2D eigenvalue weighted by atomic mass is 14.9. The number of rotatable bonds is 4. The number of hydrogen-bond acceptors (Lipinski definition) is 3. The van der Waals surface area contributed by atoms with Gasteiger partial charge in [-0.05, 0) is 42.5 Å². The summed E-state index contributed by atoms with van der Waals surface area (Å²) in [5.41, 5.74) is 3.32. The highest BCUT2D eigenvalue weighted by molar-refractivity contribution is 5.37. The predicted octanol–water partition coefficient (Wildman–Crippen LogP) is 3.10. The number of aryl methyl sites for hydroxylation is 1. The van der Waals surface area contributed by atoms with Crippen molar-refractivity contribution >= 4 is 0 Å². The zero-order valence-corrected chi connectivity index (χ0v) is 12.2. The van der Waals surface area contributed by atoms with Crippen molar-refractivity contribution in [2.75, 3.05) is 0 Å². The molecule has 2 aromatic rings. The molecular weight excluding hydrogens is 258 g/mol. The molecule has 1 heterocycles. The third-order valence-electron chi connectivity index (χ3n) is 4.46. The predicted molar refractivity (Wildman–Crippen MR) is 82.6 cm³/mol. The van der Waals surface area contributed by atoms with Crippen LogP contribution in [0.2, 0.25) is 0 Å². The van der Waals surface area contributed by atoms with Gasteiger partial charge in [0, 0.05) is 25.0 Å². The summed E-state index contributed by atoms with van der Waals surface area (Å²) < 4.78 is 0. The van der Waals surface area contributed by atoms with Crippen molar-refractivity contribution in [1.29, 1.82) is 5.26 Å². The van der Waals surface area contributed by atoms with Gasteiger partial charge in [-0.2, -0.15) is 5.26 Å². The first-order valence-corrected chi connectivity index (χ1v) is 7.33. The van der Waals surface area contributed by atoms with E-state index in [0.29, 0.717) is 6.04 Å². The number of pyridine rings is 1. The Labute approximate surface area is 125 Å². The van der Waals surface area contributed by atoms with E-state index in [0.717, 1.165) is 24.9 Å². The van der Waals surface area contributed by atoms with E-state index in [4.69, 9.17) is 0 Å². The molecule has 0 unspecified atom stereocenters. The van der Waals surface area contributed by atoms with E-state index in [1.807, 2.05) is 36.7 Å². The number of nitrogens with one attached hydrogen (secondary N) is 1. The van der Waals surface area contributed by atoms with Crippen LogP contribution < -0.4 is 5.32 Å². The number of nitrogens with zero attached hydrogens (tertiary/aromatic N) is 2. The molecule has 3 heteroatoms. The van der Waals surface area contributed by atoms with Crippen LogP contribution in [0.4, 0.5) is 0 Å². The van der Waals surface area contributed by atoms with E-state index < -0.39 is 0 Å². The van der Waals surface area contributed by atoms with Gasteiger partial charge in [0.25, 0.3) is 0 Å². The molecule has 1 fully saturated rings. The van der Waals surface area contributed by atoms with Gasteiger partial charge in [-0.15, -0.1) is 0 Å². The van der Waals surface area contributed by atoms with Gasteiger partial charge in [0.2, 0.25) is 0 Å². The van der Waals surface area contributed by atoms with Gasteiger partial charge >= 0.3 is 0 Å². The van der Waals surface area contributed by atoms with Crippen LogP contribution in [0.1, 0.15) is 29.5 Å². The molecule has 1 aliphatic carbocycles. The van der Waals surface area contributed by atoms with Crippen molar-refractivity contribution in [2.24, 2.45) is 0 Å². The van der Waals surface area contributed by atoms with Crippen molar-refractivity contribution in [1.82, 2.24) is 10.3 Å². The Morgan fingerprint density at radius 1 is 1.29 bits per heavy atom. The number of benzene rings is 1. The fourth-order valence-corrected chi connectivity index (χ4v) is 3.01. The van der Waals surface area contributed by atoms with Crippen LogP contribution in [0.25, 0.3) is 0 Å². The molecule has 0 radical (unpaired) electrons. The van der Waals surface area contributed by atoms with Gasteiger partial charge in [0.1, 0.15) is 0 Å². The van der Waals surface area contributed by atoms with E-state index in [1.54, 1.807) is 0 Å². The molecule has 3 nitrogen and oxygen atoms in total. The second-order valence-corrected chi connectivity index (χ2v) is 5.85.